The SMILES string of the molecule is Oc1ccc(C(F)C2CCCCCN2)cc1. The van der Waals surface area contributed by atoms with Crippen molar-refractivity contribution in [1.82, 2.24) is 5.32 Å². The maximum atomic E-state index is 14.2. The van der Waals surface area contributed by atoms with Gasteiger partial charge in [0.25, 0.3) is 0 Å². The Bertz CT molecular complexity index is 317. The van der Waals surface area contributed by atoms with Crippen molar-refractivity contribution in [2.45, 2.75) is 37.9 Å². The normalized spacial score (nSPS) is 23.7. The highest BCUT2D eigenvalue weighted by Crippen LogP contribution is 2.27. The van der Waals surface area contributed by atoms with Gasteiger partial charge in [0.2, 0.25) is 0 Å². The molecule has 2 atom stereocenters. The molecule has 1 aromatic carbocycles. The first-order chi connectivity index (χ1) is 7.77. The van der Waals surface area contributed by atoms with Crippen molar-refractivity contribution in [3.63, 3.8) is 0 Å². The van der Waals surface area contributed by atoms with Crippen LogP contribution in [-0.4, -0.2) is 17.7 Å². The second kappa shape index (κ2) is 5.30. The fourth-order valence-electron chi connectivity index (χ4n) is 2.20. The molecule has 2 unspecified atom stereocenters. The minimum atomic E-state index is -0.973. The molecule has 0 aliphatic carbocycles. The maximum Gasteiger partial charge on any atom is 0.140 e. The summed E-state index contributed by atoms with van der Waals surface area (Å²) >= 11 is 0. The number of phenols is 1. The van der Waals surface area contributed by atoms with Gasteiger partial charge in [0.15, 0.2) is 0 Å². The highest BCUT2D eigenvalue weighted by atomic mass is 19.1. The van der Waals surface area contributed by atoms with Crippen LogP contribution in [0.4, 0.5) is 4.39 Å². The molecule has 1 fully saturated rings. The number of nitrogens with one attached hydrogen (secondary N) is 1. The third kappa shape index (κ3) is 2.73. The Hall–Kier alpha value is -1.09. The topological polar surface area (TPSA) is 32.3 Å². The Morgan fingerprint density at radius 1 is 1.19 bits per heavy atom. The molecule has 0 saturated carbocycles. The molecular weight excluding hydrogens is 205 g/mol. The van der Waals surface area contributed by atoms with Crippen molar-refractivity contribution in [3.05, 3.63) is 29.8 Å². The van der Waals surface area contributed by atoms with E-state index in [4.69, 9.17) is 5.11 Å². The third-order valence-corrected chi connectivity index (χ3v) is 3.16. The molecular formula is C13H18FNO. The number of hydrogen-bond donors (Lipinski definition) is 2. The van der Waals surface area contributed by atoms with Gasteiger partial charge in [-0.15, -0.1) is 0 Å². The molecule has 0 radical (unpaired) electrons. The lowest BCUT2D eigenvalue weighted by Crippen LogP contribution is -2.32. The predicted molar refractivity (Wildman–Crippen MR) is 62.2 cm³/mol. The molecule has 0 aromatic heterocycles. The summed E-state index contributed by atoms with van der Waals surface area (Å²) in [5, 5.41) is 12.4. The van der Waals surface area contributed by atoms with Gasteiger partial charge < -0.3 is 10.4 Å². The van der Waals surface area contributed by atoms with Crippen molar-refractivity contribution >= 4 is 0 Å². The molecule has 3 heteroatoms. The van der Waals surface area contributed by atoms with Crippen LogP contribution >= 0.6 is 0 Å². The third-order valence-electron chi connectivity index (χ3n) is 3.16. The van der Waals surface area contributed by atoms with Crippen LogP contribution in [0.5, 0.6) is 5.75 Å². The van der Waals surface area contributed by atoms with Crippen molar-refractivity contribution < 1.29 is 9.50 Å². The van der Waals surface area contributed by atoms with Crippen molar-refractivity contribution in [2.24, 2.45) is 0 Å². The molecule has 1 heterocycles. The fourth-order valence-corrected chi connectivity index (χ4v) is 2.20. The molecule has 2 nitrogen and oxygen atoms in total. The van der Waals surface area contributed by atoms with Gasteiger partial charge in [-0.3, -0.25) is 0 Å². The summed E-state index contributed by atoms with van der Waals surface area (Å²) in [4.78, 5) is 0. The quantitative estimate of drug-likeness (QED) is 0.808. The molecule has 88 valence electrons. The lowest BCUT2D eigenvalue weighted by molar-refractivity contribution is 0.249. The van der Waals surface area contributed by atoms with E-state index in [0.29, 0.717) is 5.56 Å². The summed E-state index contributed by atoms with van der Waals surface area (Å²) in [5.41, 5.74) is 0.650. The van der Waals surface area contributed by atoms with Crippen LogP contribution in [0.15, 0.2) is 24.3 Å². The number of hydrogen-bond acceptors (Lipinski definition) is 2. The van der Waals surface area contributed by atoms with Gasteiger partial charge in [-0.05, 0) is 37.1 Å². The summed E-state index contributed by atoms with van der Waals surface area (Å²) in [5.74, 6) is 0.185. The highest BCUT2D eigenvalue weighted by molar-refractivity contribution is 5.28. The van der Waals surface area contributed by atoms with E-state index >= 15 is 0 Å². The number of alkyl halides is 1. The zero-order chi connectivity index (χ0) is 11.4. The summed E-state index contributed by atoms with van der Waals surface area (Å²) < 4.78 is 14.2. The standard InChI is InChI=1S/C13H18FNO/c14-13(10-5-7-11(16)8-6-10)12-4-2-1-3-9-15-12/h5-8,12-13,15-16H,1-4,9H2. The Morgan fingerprint density at radius 2 is 1.94 bits per heavy atom. The first kappa shape index (κ1) is 11.4. The number of rotatable bonds is 2. The zero-order valence-corrected chi connectivity index (χ0v) is 9.32. The van der Waals surface area contributed by atoms with Crippen LogP contribution < -0.4 is 5.32 Å². The maximum absolute atomic E-state index is 14.2. The molecule has 1 aliphatic rings. The minimum Gasteiger partial charge on any atom is -0.508 e. The molecule has 1 aromatic rings. The van der Waals surface area contributed by atoms with Gasteiger partial charge in [-0.1, -0.05) is 25.0 Å². The van der Waals surface area contributed by atoms with Gasteiger partial charge in [0.05, 0.1) is 0 Å². The Kier molecular flexibility index (Phi) is 3.78. The van der Waals surface area contributed by atoms with Crippen LogP contribution in [0.3, 0.4) is 0 Å². The van der Waals surface area contributed by atoms with Crippen LogP contribution in [0, 0.1) is 0 Å². The molecule has 2 rings (SSSR count). The lowest BCUT2D eigenvalue weighted by Gasteiger charge is -2.20. The van der Waals surface area contributed by atoms with E-state index < -0.39 is 6.17 Å². The average molecular weight is 223 g/mol. The lowest BCUT2D eigenvalue weighted by atomic mass is 10.00. The number of halogens is 1. The van der Waals surface area contributed by atoms with Crippen LogP contribution in [-0.2, 0) is 0 Å². The van der Waals surface area contributed by atoms with Gasteiger partial charge in [-0.25, -0.2) is 4.39 Å². The molecule has 16 heavy (non-hydrogen) atoms. The number of phenolic OH excluding ortho intramolecular Hbond substituents is 1. The van der Waals surface area contributed by atoms with Crippen LogP contribution in [0.25, 0.3) is 0 Å². The molecule has 0 amide bonds. The van der Waals surface area contributed by atoms with E-state index in [9.17, 15) is 4.39 Å². The molecule has 0 bridgehead atoms. The second-order valence-electron chi connectivity index (χ2n) is 4.40. The summed E-state index contributed by atoms with van der Waals surface area (Å²) in [6.45, 7) is 0.906. The highest BCUT2D eigenvalue weighted by Gasteiger charge is 2.23. The van der Waals surface area contributed by atoms with Gasteiger partial charge in [0.1, 0.15) is 11.9 Å². The Balaban J connectivity index is 2.04. The monoisotopic (exact) mass is 223 g/mol. The Labute approximate surface area is 95.5 Å². The van der Waals surface area contributed by atoms with E-state index in [0.717, 1.165) is 25.8 Å². The van der Waals surface area contributed by atoms with E-state index in [-0.39, 0.29) is 11.8 Å². The van der Waals surface area contributed by atoms with Gasteiger partial charge in [0, 0.05) is 6.04 Å². The fraction of sp³-hybridized carbons (Fsp3) is 0.538. The molecule has 1 aliphatic heterocycles. The predicted octanol–water partition coefficient (Wildman–Crippen LogP) is 2.94. The Morgan fingerprint density at radius 3 is 2.69 bits per heavy atom. The number of benzene rings is 1. The van der Waals surface area contributed by atoms with E-state index in [2.05, 4.69) is 5.32 Å². The van der Waals surface area contributed by atoms with Crippen LogP contribution in [0.2, 0.25) is 0 Å². The minimum absolute atomic E-state index is 0.0768. The summed E-state index contributed by atoms with van der Waals surface area (Å²) in [7, 11) is 0. The molecule has 2 N–H and O–H groups in total. The first-order valence-corrected chi connectivity index (χ1v) is 5.94. The van der Waals surface area contributed by atoms with Crippen molar-refractivity contribution in [3.8, 4) is 5.75 Å². The second-order valence-corrected chi connectivity index (χ2v) is 4.40. The summed E-state index contributed by atoms with van der Waals surface area (Å²) in [6.07, 6.45) is 3.33. The summed E-state index contributed by atoms with van der Waals surface area (Å²) in [6, 6.07) is 6.32. The van der Waals surface area contributed by atoms with Gasteiger partial charge >= 0.3 is 0 Å². The van der Waals surface area contributed by atoms with Gasteiger partial charge in [-0.2, -0.15) is 0 Å². The van der Waals surface area contributed by atoms with E-state index in [1.54, 1.807) is 24.3 Å². The van der Waals surface area contributed by atoms with E-state index in [1.165, 1.54) is 6.42 Å². The molecule has 1 saturated heterocycles. The zero-order valence-electron chi connectivity index (χ0n) is 9.32. The largest absolute Gasteiger partial charge is 0.508 e. The van der Waals surface area contributed by atoms with Crippen molar-refractivity contribution in [2.75, 3.05) is 6.54 Å². The van der Waals surface area contributed by atoms with Crippen LogP contribution in [0.1, 0.15) is 37.4 Å². The smallest absolute Gasteiger partial charge is 0.140 e. The van der Waals surface area contributed by atoms with Crippen molar-refractivity contribution in [1.29, 1.82) is 0 Å². The van der Waals surface area contributed by atoms with E-state index in [1.807, 2.05) is 0 Å². The first-order valence-electron chi connectivity index (χ1n) is 5.94. The average Bonchev–Trinajstić information content (AvgIpc) is 2.57. The number of aromatic hydroxyl groups is 1. The molecule has 0 spiro atoms.